The lowest BCUT2D eigenvalue weighted by Crippen LogP contribution is -2.49. The van der Waals surface area contributed by atoms with E-state index in [0.29, 0.717) is 43.2 Å². The molecule has 32 heavy (non-hydrogen) atoms. The minimum atomic E-state index is -1.09. The summed E-state index contributed by atoms with van der Waals surface area (Å²) in [4.78, 5) is 25.6. The van der Waals surface area contributed by atoms with Gasteiger partial charge in [-0.15, -0.1) is 0 Å². The lowest BCUT2D eigenvalue weighted by atomic mass is 10.00. The van der Waals surface area contributed by atoms with Gasteiger partial charge in [0.1, 0.15) is 5.82 Å². The second-order valence-corrected chi connectivity index (χ2v) is 7.97. The molecule has 3 aromatic rings. The van der Waals surface area contributed by atoms with Crippen LogP contribution in [0.3, 0.4) is 0 Å². The Kier molecular flexibility index (Phi) is 5.01. The van der Waals surface area contributed by atoms with E-state index in [0.717, 1.165) is 17.0 Å². The summed E-state index contributed by atoms with van der Waals surface area (Å²) in [6.07, 6.45) is 5.08. The van der Waals surface area contributed by atoms with Crippen LogP contribution in [0.15, 0.2) is 79.3 Å². The maximum Gasteiger partial charge on any atom is 0.301 e. The van der Waals surface area contributed by atoms with E-state index in [4.69, 9.17) is 9.47 Å². The summed E-state index contributed by atoms with van der Waals surface area (Å²) in [6, 6.07) is 15.1. The van der Waals surface area contributed by atoms with Crippen molar-refractivity contribution < 1.29 is 14.3 Å². The zero-order valence-electron chi connectivity index (χ0n) is 17.9. The van der Waals surface area contributed by atoms with Crippen LogP contribution in [0.5, 0.6) is 11.5 Å². The number of fused-ring (bicyclic) bond motifs is 1. The zero-order chi connectivity index (χ0) is 22.1. The van der Waals surface area contributed by atoms with Crippen molar-refractivity contribution in [1.82, 2.24) is 14.9 Å². The van der Waals surface area contributed by atoms with Gasteiger partial charge in [0.15, 0.2) is 11.5 Å². The van der Waals surface area contributed by atoms with Crippen LogP contribution >= 0.6 is 0 Å². The van der Waals surface area contributed by atoms with Crippen molar-refractivity contribution in [2.75, 3.05) is 31.1 Å². The van der Waals surface area contributed by atoms with E-state index in [9.17, 15) is 4.79 Å². The third-order valence-electron chi connectivity index (χ3n) is 5.85. The van der Waals surface area contributed by atoms with Crippen LogP contribution in [0.2, 0.25) is 0 Å². The lowest BCUT2D eigenvalue weighted by Gasteiger charge is -2.35. The molecule has 5 rings (SSSR count). The van der Waals surface area contributed by atoms with Crippen LogP contribution < -0.4 is 14.4 Å². The molecule has 162 valence electrons. The van der Waals surface area contributed by atoms with Gasteiger partial charge < -0.3 is 19.3 Å². The summed E-state index contributed by atoms with van der Waals surface area (Å²) in [6.45, 7) is 8.62. The van der Waals surface area contributed by atoms with E-state index in [1.165, 1.54) is 0 Å². The quantitative estimate of drug-likeness (QED) is 0.591. The number of rotatable bonds is 4. The Balaban J connectivity index is 1.32. The Hall–Kier alpha value is -3.87. The van der Waals surface area contributed by atoms with E-state index in [2.05, 4.69) is 21.4 Å². The number of aromatic nitrogens is 2. The molecule has 1 atom stereocenters. The molecule has 7 nitrogen and oxygen atoms in total. The van der Waals surface area contributed by atoms with Crippen molar-refractivity contribution in [2.45, 2.75) is 12.7 Å². The highest BCUT2D eigenvalue weighted by Gasteiger charge is 2.44. The van der Waals surface area contributed by atoms with Gasteiger partial charge in [-0.05, 0) is 25.1 Å². The van der Waals surface area contributed by atoms with Crippen LogP contribution in [-0.4, -0.2) is 47.0 Å². The number of hydrogen-bond donors (Lipinski definition) is 0. The molecule has 0 bridgehead atoms. The highest BCUT2D eigenvalue weighted by atomic mass is 16.7. The van der Waals surface area contributed by atoms with Crippen LogP contribution in [0.25, 0.3) is 0 Å². The fraction of sp³-hybridized carbons (Fsp3) is 0.240. The Morgan fingerprint density at radius 2 is 1.75 bits per heavy atom. The van der Waals surface area contributed by atoms with E-state index in [-0.39, 0.29) is 5.91 Å². The summed E-state index contributed by atoms with van der Waals surface area (Å²) in [5, 5.41) is 0. The SMILES string of the molecule is C=C(C)C1(c2ccccc2)Oc2ccc(C(=O)N3CCN(c4cnccn4)CC3)cc2O1. The second kappa shape index (κ2) is 8.00. The number of amides is 1. The van der Waals surface area contributed by atoms with Crippen molar-refractivity contribution >= 4 is 11.7 Å². The molecule has 2 aliphatic heterocycles. The smallest absolute Gasteiger partial charge is 0.301 e. The highest BCUT2D eigenvalue weighted by Crippen LogP contribution is 2.47. The van der Waals surface area contributed by atoms with Gasteiger partial charge in [0.2, 0.25) is 0 Å². The van der Waals surface area contributed by atoms with Gasteiger partial charge >= 0.3 is 5.79 Å². The molecule has 0 aliphatic carbocycles. The zero-order valence-corrected chi connectivity index (χ0v) is 17.9. The molecule has 2 aromatic carbocycles. The van der Waals surface area contributed by atoms with E-state index < -0.39 is 5.79 Å². The molecule has 0 N–H and O–H groups in total. The average molecular weight is 428 g/mol. The Labute approximate surface area is 186 Å². The van der Waals surface area contributed by atoms with Crippen LogP contribution in [0.4, 0.5) is 5.82 Å². The molecule has 3 heterocycles. The lowest BCUT2D eigenvalue weighted by molar-refractivity contribution is -0.0494. The van der Waals surface area contributed by atoms with Gasteiger partial charge in [-0.2, -0.15) is 0 Å². The number of anilines is 1. The maximum absolute atomic E-state index is 13.2. The number of benzene rings is 2. The minimum Gasteiger partial charge on any atom is -0.441 e. The van der Waals surface area contributed by atoms with Gasteiger partial charge in [0, 0.05) is 55.3 Å². The second-order valence-electron chi connectivity index (χ2n) is 7.97. The van der Waals surface area contributed by atoms with Crippen LogP contribution in [0.1, 0.15) is 22.8 Å². The van der Waals surface area contributed by atoms with E-state index >= 15 is 0 Å². The monoisotopic (exact) mass is 428 g/mol. The fourth-order valence-corrected chi connectivity index (χ4v) is 4.11. The predicted molar refractivity (Wildman–Crippen MR) is 121 cm³/mol. The molecule has 0 saturated carbocycles. The third-order valence-corrected chi connectivity index (χ3v) is 5.85. The molecule has 1 fully saturated rings. The molecule has 1 amide bonds. The number of nitrogens with zero attached hydrogens (tertiary/aromatic N) is 4. The number of ether oxygens (including phenoxy) is 2. The molecular weight excluding hydrogens is 404 g/mol. The number of hydrogen-bond acceptors (Lipinski definition) is 6. The Morgan fingerprint density at radius 1 is 1.00 bits per heavy atom. The predicted octanol–water partition coefficient (Wildman–Crippen LogP) is 3.64. The van der Waals surface area contributed by atoms with Crippen LogP contribution in [-0.2, 0) is 5.79 Å². The van der Waals surface area contributed by atoms with Crippen LogP contribution in [0, 0.1) is 0 Å². The summed E-state index contributed by atoms with van der Waals surface area (Å²) in [5.41, 5.74) is 2.16. The molecular formula is C25H24N4O3. The van der Waals surface area contributed by atoms with Gasteiger partial charge in [0.25, 0.3) is 5.91 Å². The largest absolute Gasteiger partial charge is 0.441 e. The third kappa shape index (κ3) is 3.45. The number of piperazine rings is 1. The van der Waals surface area contributed by atoms with Gasteiger partial charge in [0.05, 0.1) is 6.20 Å². The van der Waals surface area contributed by atoms with E-state index in [1.54, 1.807) is 36.8 Å². The maximum atomic E-state index is 13.2. The molecule has 0 spiro atoms. The molecule has 0 radical (unpaired) electrons. The summed E-state index contributed by atoms with van der Waals surface area (Å²) < 4.78 is 12.5. The van der Waals surface area contributed by atoms with Gasteiger partial charge in [-0.1, -0.05) is 36.9 Å². The highest BCUT2D eigenvalue weighted by molar-refractivity contribution is 5.95. The normalized spacial score (nSPS) is 19.7. The van der Waals surface area contributed by atoms with Gasteiger partial charge in [-0.25, -0.2) is 4.98 Å². The first-order valence-electron chi connectivity index (χ1n) is 10.6. The standard InChI is InChI=1S/C25H24N4O3/c1-18(2)25(20-6-4-3-5-7-20)31-21-9-8-19(16-22(21)32-25)24(30)29-14-12-28(13-15-29)23-17-26-10-11-27-23/h3-11,16-17H,1,12-15H2,2H3. The van der Waals surface area contributed by atoms with Crippen molar-refractivity contribution in [3.05, 3.63) is 90.4 Å². The molecule has 7 heteroatoms. The minimum absolute atomic E-state index is 0.0252. The molecule has 1 aromatic heterocycles. The molecule has 1 saturated heterocycles. The summed E-state index contributed by atoms with van der Waals surface area (Å²) in [5.74, 6) is 0.859. The van der Waals surface area contributed by atoms with E-state index in [1.807, 2.05) is 42.2 Å². The Morgan fingerprint density at radius 3 is 2.44 bits per heavy atom. The first kappa shape index (κ1) is 20.1. The number of carbonyl (C=O) groups excluding carboxylic acids is 1. The Bertz CT molecular complexity index is 1140. The molecule has 1 unspecified atom stereocenters. The summed E-state index contributed by atoms with van der Waals surface area (Å²) >= 11 is 0. The first-order chi connectivity index (χ1) is 15.6. The fourth-order valence-electron chi connectivity index (χ4n) is 4.11. The van der Waals surface area contributed by atoms with Crippen molar-refractivity contribution in [3.63, 3.8) is 0 Å². The molecule has 2 aliphatic rings. The average Bonchev–Trinajstić information content (AvgIpc) is 3.25. The van der Waals surface area contributed by atoms with Gasteiger partial charge in [-0.3, -0.25) is 9.78 Å². The first-order valence-corrected chi connectivity index (χ1v) is 10.6. The van der Waals surface area contributed by atoms with Crippen molar-refractivity contribution in [2.24, 2.45) is 0 Å². The van der Waals surface area contributed by atoms with Crippen molar-refractivity contribution in [1.29, 1.82) is 0 Å². The number of carbonyl (C=O) groups is 1. The topological polar surface area (TPSA) is 67.8 Å². The summed E-state index contributed by atoms with van der Waals surface area (Å²) in [7, 11) is 0. The van der Waals surface area contributed by atoms with Crippen molar-refractivity contribution in [3.8, 4) is 11.5 Å².